The van der Waals surface area contributed by atoms with Crippen LogP contribution in [-0.2, 0) is 11.3 Å². The van der Waals surface area contributed by atoms with Gasteiger partial charge in [0.15, 0.2) is 0 Å². The molecule has 1 aromatic rings. The highest BCUT2D eigenvalue weighted by atomic mass is 79.9. The third-order valence-corrected chi connectivity index (χ3v) is 2.94. The Hall–Kier alpha value is -0.670. The van der Waals surface area contributed by atoms with Gasteiger partial charge in [0.25, 0.3) is 0 Å². The van der Waals surface area contributed by atoms with Gasteiger partial charge >= 0.3 is 0 Å². The van der Waals surface area contributed by atoms with E-state index in [1.54, 1.807) is 0 Å². The van der Waals surface area contributed by atoms with Crippen LogP contribution in [0.25, 0.3) is 0 Å². The molecular formula is C10H10BrNO. The van der Waals surface area contributed by atoms with Gasteiger partial charge in [-0.05, 0) is 30.3 Å². The predicted molar refractivity (Wildman–Crippen MR) is 54.4 cm³/mol. The maximum Gasteiger partial charge on any atom is 0.141 e. The Labute approximate surface area is 85.7 Å². The number of nitrogens with zero attached hydrogens (tertiary/aromatic N) is 1. The number of benzene rings is 1. The van der Waals surface area contributed by atoms with Crippen molar-refractivity contribution >= 4 is 22.2 Å². The van der Waals surface area contributed by atoms with Crippen LogP contribution in [0.4, 0.5) is 0 Å². The number of likely N-dealkylation sites (N-methyl/N-ethyl adjacent to an activating group) is 1. The number of hydrogen-bond donors (Lipinski definition) is 0. The van der Waals surface area contributed by atoms with E-state index in [0.717, 1.165) is 22.9 Å². The van der Waals surface area contributed by atoms with Crippen molar-refractivity contribution in [2.24, 2.45) is 0 Å². The van der Waals surface area contributed by atoms with Gasteiger partial charge in [-0.25, -0.2) is 0 Å². The minimum Gasteiger partial charge on any atom is -0.301 e. The van der Waals surface area contributed by atoms with Crippen molar-refractivity contribution in [2.45, 2.75) is 12.6 Å². The molecule has 0 aromatic heterocycles. The third kappa shape index (κ3) is 1.42. The van der Waals surface area contributed by atoms with E-state index in [0.29, 0.717) is 0 Å². The van der Waals surface area contributed by atoms with Crippen LogP contribution >= 0.6 is 15.9 Å². The average Bonchev–Trinajstić information content (AvgIpc) is 2.40. The summed E-state index contributed by atoms with van der Waals surface area (Å²) in [4.78, 5) is 12.9. The molecule has 2 nitrogen and oxygen atoms in total. The molecule has 1 aromatic carbocycles. The summed E-state index contributed by atoms with van der Waals surface area (Å²) in [5, 5.41) is 0. The maximum absolute atomic E-state index is 10.8. The Morgan fingerprint density at radius 3 is 3.08 bits per heavy atom. The summed E-state index contributed by atoms with van der Waals surface area (Å²) in [6, 6.07) is 6.05. The van der Waals surface area contributed by atoms with Crippen molar-refractivity contribution in [2.75, 3.05) is 7.05 Å². The van der Waals surface area contributed by atoms with Crippen LogP contribution < -0.4 is 0 Å². The zero-order valence-corrected chi connectivity index (χ0v) is 8.91. The maximum atomic E-state index is 10.8. The number of fused-ring (bicyclic) bond motifs is 1. The topological polar surface area (TPSA) is 20.3 Å². The Kier molecular flexibility index (Phi) is 2.22. The van der Waals surface area contributed by atoms with E-state index in [1.165, 1.54) is 5.56 Å². The number of halogens is 1. The van der Waals surface area contributed by atoms with E-state index >= 15 is 0 Å². The van der Waals surface area contributed by atoms with Crippen molar-refractivity contribution in [3.63, 3.8) is 0 Å². The van der Waals surface area contributed by atoms with Crippen molar-refractivity contribution in [3.8, 4) is 0 Å². The first-order valence-corrected chi connectivity index (χ1v) is 4.95. The Balaban J connectivity index is 2.49. The number of aldehydes is 1. The summed E-state index contributed by atoms with van der Waals surface area (Å²) >= 11 is 3.41. The van der Waals surface area contributed by atoms with Crippen molar-refractivity contribution in [1.82, 2.24) is 4.90 Å². The Morgan fingerprint density at radius 1 is 1.62 bits per heavy atom. The van der Waals surface area contributed by atoms with Gasteiger partial charge in [0.1, 0.15) is 6.29 Å². The third-order valence-electron chi connectivity index (χ3n) is 2.45. The SMILES string of the molecule is CN1Cc2ccc(Br)cc2C1C=O. The first-order chi connectivity index (χ1) is 6.22. The largest absolute Gasteiger partial charge is 0.301 e. The van der Waals surface area contributed by atoms with Crippen molar-refractivity contribution in [3.05, 3.63) is 33.8 Å². The summed E-state index contributed by atoms with van der Waals surface area (Å²) in [5.74, 6) is 0. The number of carbonyl (C=O) groups is 1. The molecule has 2 rings (SSSR count). The highest BCUT2D eigenvalue weighted by Crippen LogP contribution is 2.32. The van der Waals surface area contributed by atoms with Gasteiger partial charge in [0.05, 0.1) is 6.04 Å². The predicted octanol–water partition coefficient (Wildman–Crippen LogP) is 2.13. The normalized spacial score (nSPS) is 21.5. The zero-order chi connectivity index (χ0) is 9.42. The van der Waals surface area contributed by atoms with E-state index in [-0.39, 0.29) is 6.04 Å². The molecule has 0 radical (unpaired) electrons. The highest BCUT2D eigenvalue weighted by Gasteiger charge is 2.26. The molecule has 0 fully saturated rings. The standard InChI is InChI=1S/C10H10BrNO/c1-12-5-7-2-3-8(11)4-9(7)10(12)6-13/h2-4,6,10H,5H2,1H3. The molecule has 0 bridgehead atoms. The molecule has 68 valence electrons. The van der Waals surface area contributed by atoms with Gasteiger partial charge < -0.3 is 4.79 Å². The van der Waals surface area contributed by atoms with Gasteiger partial charge in [0, 0.05) is 11.0 Å². The molecule has 0 amide bonds. The lowest BCUT2D eigenvalue weighted by molar-refractivity contribution is -0.111. The van der Waals surface area contributed by atoms with Gasteiger partial charge in [-0.2, -0.15) is 0 Å². The number of carbonyl (C=O) groups excluding carboxylic acids is 1. The number of hydrogen-bond acceptors (Lipinski definition) is 2. The van der Waals surface area contributed by atoms with Crippen LogP contribution in [0, 0.1) is 0 Å². The van der Waals surface area contributed by atoms with E-state index < -0.39 is 0 Å². The second-order valence-corrected chi connectivity index (χ2v) is 4.25. The Morgan fingerprint density at radius 2 is 2.38 bits per heavy atom. The summed E-state index contributed by atoms with van der Waals surface area (Å²) in [7, 11) is 1.97. The van der Waals surface area contributed by atoms with Crippen molar-refractivity contribution < 1.29 is 4.79 Å². The first-order valence-electron chi connectivity index (χ1n) is 4.16. The quantitative estimate of drug-likeness (QED) is 0.701. The fourth-order valence-corrected chi connectivity index (χ4v) is 2.15. The summed E-state index contributed by atoms with van der Waals surface area (Å²) in [5.41, 5.74) is 2.38. The Bertz CT molecular complexity index is 351. The van der Waals surface area contributed by atoms with Crippen LogP contribution in [0.3, 0.4) is 0 Å². The van der Waals surface area contributed by atoms with Gasteiger partial charge in [-0.15, -0.1) is 0 Å². The highest BCUT2D eigenvalue weighted by molar-refractivity contribution is 9.10. The lowest BCUT2D eigenvalue weighted by Gasteiger charge is -2.12. The second kappa shape index (κ2) is 3.24. The molecule has 1 unspecified atom stereocenters. The number of rotatable bonds is 1. The average molecular weight is 240 g/mol. The molecule has 1 atom stereocenters. The van der Waals surface area contributed by atoms with Gasteiger partial charge in [-0.1, -0.05) is 22.0 Å². The molecule has 1 aliphatic rings. The molecule has 0 saturated heterocycles. The molecule has 3 heteroatoms. The molecule has 13 heavy (non-hydrogen) atoms. The molecule has 1 aliphatic heterocycles. The van der Waals surface area contributed by atoms with Crippen LogP contribution in [-0.4, -0.2) is 18.2 Å². The minimum absolute atomic E-state index is 0.0625. The molecule has 0 aliphatic carbocycles. The van der Waals surface area contributed by atoms with Crippen LogP contribution in [0.2, 0.25) is 0 Å². The van der Waals surface area contributed by atoms with Gasteiger partial charge in [-0.3, -0.25) is 4.90 Å². The smallest absolute Gasteiger partial charge is 0.141 e. The first kappa shape index (κ1) is 8.91. The fourth-order valence-electron chi connectivity index (χ4n) is 1.77. The van der Waals surface area contributed by atoms with E-state index in [4.69, 9.17) is 0 Å². The molecule has 0 saturated carbocycles. The fraction of sp³-hybridized carbons (Fsp3) is 0.300. The van der Waals surface area contributed by atoms with E-state index in [2.05, 4.69) is 22.0 Å². The van der Waals surface area contributed by atoms with Crippen molar-refractivity contribution in [1.29, 1.82) is 0 Å². The van der Waals surface area contributed by atoms with Gasteiger partial charge in [0.2, 0.25) is 0 Å². The molecular weight excluding hydrogens is 230 g/mol. The molecule has 0 N–H and O–H groups in total. The second-order valence-electron chi connectivity index (χ2n) is 3.34. The summed E-state index contributed by atoms with van der Waals surface area (Å²) in [6.45, 7) is 0.867. The monoisotopic (exact) mass is 239 g/mol. The minimum atomic E-state index is -0.0625. The van der Waals surface area contributed by atoms with Crippen LogP contribution in [0.5, 0.6) is 0 Å². The summed E-state index contributed by atoms with van der Waals surface area (Å²) < 4.78 is 1.04. The lowest BCUT2D eigenvalue weighted by Crippen LogP contribution is -2.17. The molecule has 1 heterocycles. The summed E-state index contributed by atoms with van der Waals surface area (Å²) in [6.07, 6.45) is 0.998. The molecule has 0 spiro atoms. The van der Waals surface area contributed by atoms with E-state index in [9.17, 15) is 4.79 Å². The van der Waals surface area contributed by atoms with Crippen LogP contribution in [0.1, 0.15) is 17.2 Å². The zero-order valence-electron chi connectivity index (χ0n) is 7.33. The van der Waals surface area contributed by atoms with E-state index in [1.807, 2.05) is 24.1 Å². The lowest BCUT2D eigenvalue weighted by atomic mass is 10.1. The van der Waals surface area contributed by atoms with Crippen LogP contribution in [0.15, 0.2) is 22.7 Å².